The number of oxazole rings is 1. The summed E-state index contributed by atoms with van der Waals surface area (Å²) in [6.07, 6.45) is 1.18. The predicted molar refractivity (Wildman–Crippen MR) is 116 cm³/mol. The molecule has 5 nitrogen and oxygen atoms in total. The molecule has 0 fully saturated rings. The van der Waals surface area contributed by atoms with E-state index in [1.165, 1.54) is 17.6 Å². The molecule has 5 rings (SSSR count). The van der Waals surface area contributed by atoms with Crippen LogP contribution in [0.15, 0.2) is 83.5 Å². The van der Waals surface area contributed by atoms with Crippen molar-refractivity contribution in [2.45, 2.75) is 0 Å². The molecule has 30 heavy (non-hydrogen) atoms. The topological polar surface area (TPSA) is 83.6 Å². The fraction of sp³-hybridized carbons (Fsp3) is 0. The smallest absolute Gasteiger partial charge is 0.250 e. The fourth-order valence-corrected chi connectivity index (χ4v) is 4.65. The van der Waals surface area contributed by atoms with E-state index >= 15 is 0 Å². The maximum absolute atomic E-state index is 13.3. The van der Waals surface area contributed by atoms with E-state index in [4.69, 9.17) is 4.42 Å². The molecule has 2 aromatic heterocycles. The Hall–Kier alpha value is -3.90. The molecule has 5 aromatic rings. The van der Waals surface area contributed by atoms with Crippen molar-refractivity contribution in [2.24, 2.45) is 0 Å². The number of aromatic hydroxyl groups is 2. The Bertz CT molecular complexity index is 1370. The molecule has 0 spiro atoms. The quantitative estimate of drug-likeness (QED) is 0.360. The first kappa shape index (κ1) is 18.1. The molecule has 0 radical (unpaired) electrons. The highest BCUT2D eigenvalue weighted by Gasteiger charge is 2.21. The zero-order valence-corrected chi connectivity index (χ0v) is 16.4. The summed E-state index contributed by atoms with van der Waals surface area (Å²) in [5, 5.41) is 20.2. The van der Waals surface area contributed by atoms with Crippen LogP contribution in [0, 0.1) is 0 Å². The first-order valence-electron chi connectivity index (χ1n) is 9.21. The average molecular weight is 413 g/mol. The molecule has 6 heteroatoms. The first-order valence-corrected chi connectivity index (χ1v) is 10.0. The van der Waals surface area contributed by atoms with E-state index in [9.17, 15) is 15.0 Å². The van der Waals surface area contributed by atoms with Crippen LogP contribution in [0.25, 0.3) is 32.7 Å². The number of carbonyl (C=O) groups is 1. The predicted octanol–water partition coefficient (Wildman–Crippen LogP) is 5.87. The van der Waals surface area contributed by atoms with Crippen LogP contribution in [-0.2, 0) is 0 Å². The monoisotopic (exact) mass is 413 g/mol. The molecule has 0 saturated carbocycles. The van der Waals surface area contributed by atoms with Gasteiger partial charge in [0.15, 0.2) is 6.26 Å². The normalized spacial score (nSPS) is 11.1. The number of phenolic OH excluding ortho intramolecular Hbond substituents is 1. The van der Waals surface area contributed by atoms with Crippen molar-refractivity contribution in [3.8, 4) is 34.2 Å². The van der Waals surface area contributed by atoms with Gasteiger partial charge in [-0.15, -0.1) is 11.3 Å². The molecule has 0 aliphatic heterocycles. The Morgan fingerprint density at radius 3 is 2.33 bits per heavy atom. The molecule has 2 N–H and O–H groups in total. The van der Waals surface area contributed by atoms with Gasteiger partial charge in [0.2, 0.25) is 11.7 Å². The summed E-state index contributed by atoms with van der Waals surface area (Å²) >= 11 is 1.37. The minimum absolute atomic E-state index is 0.0620. The van der Waals surface area contributed by atoms with Crippen molar-refractivity contribution in [3.63, 3.8) is 0 Å². The number of nitrogens with zero attached hydrogens (tertiary/aromatic N) is 1. The van der Waals surface area contributed by atoms with Crippen molar-refractivity contribution in [3.05, 3.63) is 89.5 Å². The molecular formula is C24H15NO4S. The molecule has 0 atom stereocenters. The second-order valence-corrected chi connectivity index (χ2v) is 7.82. The summed E-state index contributed by atoms with van der Waals surface area (Å²) in [7, 11) is 0. The van der Waals surface area contributed by atoms with E-state index in [1.807, 2.05) is 48.5 Å². The van der Waals surface area contributed by atoms with Crippen LogP contribution in [0.4, 0.5) is 0 Å². The van der Waals surface area contributed by atoms with Crippen molar-refractivity contribution >= 4 is 27.2 Å². The van der Waals surface area contributed by atoms with E-state index in [2.05, 4.69) is 4.98 Å². The molecule has 146 valence electrons. The lowest BCUT2D eigenvalue weighted by atomic mass is 9.97. The van der Waals surface area contributed by atoms with E-state index in [-0.39, 0.29) is 17.4 Å². The number of phenols is 1. The highest BCUT2D eigenvalue weighted by molar-refractivity contribution is 7.21. The van der Waals surface area contributed by atoms with Gasteiger partial charge in [-0.25, -0.2) is 0 Å². The summed E-state index contributed by atoms with van der Waals surface area (Å²) in [6, 6.07) is 21.7. The SMILES string of the molecule is O=C(c1ccccc1)c1sc2cc(O)ccc2c1-c1ccc(-c2nc(O)co2)cc1. The number of aromatic nitrogens is 1. The zero-order chi connectivity index (χ0) is 20.7. The van der Waals surface area contributed by atoms with Gasteiger partial charge in [-0.1, -0.05) is 42.5 Å². The molecule has 0 amide bonds. The third-order valence-electron chi connectivity index (χ3n) is 4.83. The second-order valence-electron chi connectivity index (χ2n) is 6.77. The molecular weight excluding hydrogens is 398 g/mol. The molecule has 0 unspecified atom stereocenters. The lowest BCUT2D eigenvalue weighted by Gasteiger charge is -2.06. The summed E-state index contributed by atoms with van der Waals surface area (Å²) in [4.78, 5) is 17.8. The number of ketones is 1. The van der Waals surface area contributed by atoms with Gasteiger partial charge in [-0.05, 0) is 35.9 Å². The van der Waals surface area contributed by atoms with Gasteiger partial charge in [-0.3, -0.25) is 4.79 Å². The minimum atomic E-state index is -0.173. The minimum Gasteiger partial charge on any atom is -0.508 e. The molecule has 0 aliphatic carbocycles. The van der Waals surface area contributed by atoms with E-state index < -0.39 is 0 Å². The Morgan fingerprint density at radius 2 is 1.63 bits per heavy atom. The fourth-order valence-electron chi connectivity index (χ4n) is 3.43. The van der Waals surface area contributed by atoms with Crippen LogP contribution >= 0.6 is 11.3 Å². The third kappa shape index (κ3) is 3.13. The lowest BCUT2D eigenvalue weighted by Crippen LogP contribution is -2.00. The first-order chi connectivity index (χ1) is 14.6. The molecule has 0 saturated heterocycles. The lowest BCUT2D eigenvalue weighted by molar-refractivity contribution is 0.104. The number of carbonyl (C=O) groups excluding carboxylic acids is 1. The van der Waals surface area contributed by atoms with E-state index in [1.54, 1.807) is 24.3 Å². The molecule has 3 aromatic carbocycles. The van der Waals surface area contributed by atoms with Gasteiger partial charge in [0.05, 0.1) is 4.88 Å². The maximum Gasteiger partial charge on any atom is 0.250 e. The number of hydrogen-bond acceptors (Lipinski definition) is 6. The molecule has 0 aliphatic rings. The summed E-state index contributed by atoms with van der Waals surface area (Å²) in [6.45, 7) is 0. The third-order valence-corrected chi connectivity index (χ3v) is 5.98. The number of thiophene rings is 1. The van der Waals surface area contributed by atoms with Gasteiger partial charge in [0.25, 0.3) is 5.88 Å². The standard InChI is InChI=1S/C24H15NO4S/c26-17-10-11-18-19(12-17)30-23(22(28)15-4-2-1-3-5-15)21(18)14-6-8-16(9-7-14)24-25-20(27)13-29-24/h1-13,26-27H. The largest absolute Gasteiger partial charge is 0.508 e. The number of hydrogen-bond donors (Lipinski definition) is 2. The van der Waals surface area contributed by atoms with Crippen LogP contribution in [0.2, 0.25) is 0 Å². The van der Waals surface area contributed by atoms with Gasteiger partial charge in [-0.2, -0.15) is 4.98 Å². The zero-order valence-electron chi connectivity index (χ0n) is 15.6. The highest BCUT2D eigenvalue weighted by Crippen LogP contribution is 2.41. The van der Waals surface area contributed by atoms with Gasteiger partial charge >= 0.3 is 0 Å². The van der Waals surface area contributed by atoms with Gasteiger partial charge < -0.3 is 14.6 Å². The Kier molecular flexibility index (Phi) is 4.34. The molecule has 0 bridgehead atoms. The average Bonchev–Trinajstić information content (AvgIpc) is 3.37. The van der Waals surface area contributed by atoms with Crippen LogP contribution in [0.1, 0.15) is 15.2 Å². The maximum atomic E-state index is 13.3. The van der Waals surface area contributed by atoms with E-state index in [0.717, 1.165) is 21.2 Å². The van der Waals surface area contributed by atoms with Crippen LogP contribution < -0.4 is 0 Å². The summed E-state index contributed by atoms with van der Waals surface area (Å²) < 4.78 is 6.08. The Morgan fingerprint density at radius 1 is 0.900 bits per heavy atom. The van der Waals surface area contributed by atoms with Crippen LogP contribution in [0.3, 0.4) is 0 Å². The van der Waals surface area contributed by atoms with Crippen molar-refractivity contribution in [1.29, 1.82) is 0 Å². The summed E-state index contributed by atoms with van der Waals surface area (Å²) in [5.74, 6) is 0.245. The second kappa shape index (κ2) is 7.17. The number of benzene rings is 3. The van der Waals surface area contributed by atoms with Crippen LogP contribution in [-0.4, -0.2) is 21.0 Å². The summed E-state index contributed by atoms with van der Waals surface area (Å²) in [5.41, 5.74) is 3.02. The Labute approximate surface area is 175 Å². The number of fused-ring (bicyclic) bond motifs is 1. The highest BCUT2D eigenvalue weighted by atomic mass is 32.1. The van der Waals surface area contributed by atoms with Gasteiger partial charge in [0, 0.05) is 26.8 Å². The van der Waals surface area contributed by atoms with E-state index in [0.29, 0.717) is 21.9 Å². The number of rotatable bonds is 4. The van der Waals surface area contributed by atoms with Crippen LogP contribution in [0.5, 0.6) is 11.6 Å². The Balaban J connectivity index is 1.66. The van der Waals surface area contributed by atoms with Crippen molar-refractivity contribution in [2.75, 3.05) is 0 Å². The van der Waals surface area contributed by atoms with Crippen molar-refractivity contribution < 1.29 is 19.4 Å². The molecule has 2 heterocycles. The van der Waals surface area contributed by atoms with Crippen molar-refractivity contribution in [1.82, 2.24) is 4.98 Å². The van der Waals surface area contributed by atoms with Gasteiger partial charge in [0.1, 0.15) is 5.75 Å².